The minimum Gasteiger partial charge on any atom is -0.478 e. The molecule has 3 heterocycles. The van der Waals surface area contributed by atoms with Gasteiger partial charge in [-0.15, -0.1) is 0 Å². The Morgan fingerprint density at radius 1 is 1.20 bits per heavy atom. The predicted molar refractivity (Wildman–Crippen MR) is 118 cm³/mol. The molecule has 35 heavy (non-hydrogen) atoms. The topological polar surface area (TPSA) is 140 Å². The third kappa shape index (κ3) is 2.89. The smallest absolute Gasteiger partial charge is 0.331 e. The molecule has 6 rings (SSSR count). The van der Waals surface area contributed by atoms with Crippen molar-refractivity contribution in [3.8, 4) is 0 Å². The number of aliphatic carboxylic acids is 1. The number of hydrogen-bond acceptors (Lipinski definition) is 8. The molecule has 0 aromatic rings. The molecule has 2 saturated carbocycles. The van der Waals surface area contributed by atoms with Gasteiger partial charge in [-0.1, -0.05) is 19.9 Å². The number of rotatable bonds is 2. The molecule has 0 aromatic heterocycles. The maximum Gasteiger partial charge on any atom is 0.331 e. The van der Waals surface area contributed by atoms with Crippen LogP contribution in [0, 0.1) is 53.3 Å². The summed E-state index contributed by atoms with van der Waals surface area (Å²) in [4.78, 5) is 37.8. The van der Waals surface area contributed by atoms with Crippen molar-refractivity contribution in [2.45, 2.75) is 76.7 Å². The molecule has 5 fully saturated rings. The first-order valence-electron chi connectivity index (χ1n) is 12.8. The summed E-state index contributed by atoms with van der Waals surface area (Å²) in [5.74, 6) is -7.87. The third-order valence-corrected chi connectivity index (χ3v) is 10.6. The lowest BCUT2D eigenvalue weighted by atomic mass is 9.59. The summed E-state index contributed by atoms with van der Waals surface area (Å²) in [5, 5.41) is 33.6. The monoisotopic (exact) mass is 490 g/mol. The van der Waals surface area contributed by atoms with E-state index in [-0.39, 0.29) is 11.5 Å². The Morgan fingerprint density at radius 2 is 1.91 bits per heavy atom. The Labute approximate surface area is 203 Å². The molecular formula is C26H34O9. The van der Waals surface area contributed by atoms with Gasteiger partial charge in [-0.2, -0.15) is 0 Å². The summed E-state index contributed by atoms with van der Waals surface area (Å²) in [6.07, 6.45) is 1.38. The van der Waals surface area contributed by atoms with Crippen LogP contribution in [0.5, 0.6) is 0 Å². The van der Waals surface area contributed by atoms with Gasteiger partial charge in [0.2, 0.25) is 0 Å². The van der Waals surface area contributed by atoms with Crippen LogP contribution in [0.15, 0.2) is 11.6 Å². The lowest BCUT2D eigenvalue weighted by Crippen LogP contribution is -2.68. The van der Waals surface area contributed by atoms with E-state index in [1.54, 1.807) is 6.08 Å². The number of carbonyl (C=O) groups excluding carboxylic acids is 2. The number of fused-ring (bicyclic) bond motifs is 9. The van der Waals surface area contributed by atoms with E-state index in [0.717, 1.165) is 0 Å². The van der Waals surface area contributed by atoms with Crippen molar-refractivity contribution in [1.29, 1.82) is 0 Å². The molecule has 0 aromatic carbocycles. The molecule has 6 aliphatic rings. The lowest BCUT2D eigenvalue weighted by molar-refractivity contribution is -0.369. The minimum atomic E-state index is -1.72. The van der Waals surface area contributed by atoms with Gasteiger partial charge >= 0.3 is 17.9 Å². The molecule has 3 aliphatic carbocycles. The van der Waals surface area contributed by atoms with Crippen LogP contribution in [0.3, 0.4) is 0 Å². The Balaban J connectivity index is 1.52. The van der Waals surface area contributed by atoms with E-state index < -0.39 is 95.0 Å². The molecule has 9 heteroatoms. The van der Waals surface area contributed by atoms with Crippen molar-refractivity contribution in [2.75, 3.05) is 0 Å². The molecule has 3 saturated heterocycles. The van der Waals surface area contributed by atoms with Crippen molar-refractivity contribution in [2.24, 2.45) is 53.3 Å². The largest absolute Gasteiger partial charge is 0.478 e. The Morgan fingerprint density at radius 3 is 2.57 bits per heavy atom. The van der Waals surface area contributed by atoms with Gasteiger partial charge in [-0.3, -0.25) is 9.59 Å². The SMILES string of the molecule is CC(=O)O[C@H]1[C@H](C)[C@@H](O)[C@H]2[C@@H]1C=C(C(=O)O)[C@H]1C[C@@H]3[C@@H](C4C(=O)O[C@H]5CCC3(C)O[C@]4(O)[C@@H]5C)[C@H]21. The number of ether oxygens (including phenoxy) is 3. The third-order valence-electron chi connectivity index (χ3n) is 10.6. The molecule has 192 valence electrons. The van der Waals surface area contributed by atoms with Gasteiger partial charge in [0.05, 0.1) is 11.7 Å². The van der Waals surface area contributed by atoms with Crippen LogP contribution in [0.4, 0.5) is 0 Å². The van der Waals surface area contributed by atoms with Crippen LogP contribution in [0.2, 0.25) is 0 Å². The van der Waals surface area contributed by atoms with Gasteiger partial charge in [0.1, 0.15) is 18.1 Å². The summed E-state index contributed by atoms with van der Waals surface area (Å²) in [6.45, 7) is 6.93. The van der Waals surface area contributed by atoms with Gasteiger partial charge in [0.25, 0.3) is 0 Å². The van der Waals surface area contributed by atoms with Crippen LogP contribution in [0.25, 0.3) is 0 Å². The molecule has 0 amide bonds. The van der Waals surface area contributed by atoms with E-state index in [1.807, 2.05) is 20.8 Å². The zero-order chi connectivity index (χ0) is 25.2. The average molecular weight is 491 g/mol. The molecule has 3 N–H and O–H groups in total. The highest BCUT2D eigenvalue weighted by Crippen LogP contribution is 2.68. The number of aliphatic hydroxyl groups is 2. The second-order valence-corrected chi connectivity index (χ2v) is 12.1. The van der Waals surface area contributed by atoms with Crippen molar-refractivity contribution in [3.05, 3.63) is 11.6 Å². The first-order valence-corrected chi connectivity index (χ1v) is 12.8. The molecule has 9 nitrogen and oxygen atoms in total. The summed E-state index contributed by atoms with van der Waals surface area (Å²) in [7, 11) is 0. The summed E-state index contributed by atoms with van der Waals surface area (Å²) < 4.78 is 17.9. The Bertz CT molecular complexity index is 1020. The first kappa shape index (κ1) is 23.4. The highest BCUT2D eigenvalue weighted by molar-refractivity contribution is 5.88. The van der Waals surface area contributed by atoms with E-state index in [9.17, 15) is 29.7 Å². The van der Waals surface area contributed by atoms with Crippen LogP contribution < -0.4 is 0 Å². The number of hydrogen-bond donors (Lipinski definition) is 3. The molecular weight excluding hydrogens is 456 g/mol. The van der Waals surface area contributed by atoms with Gasteiger partial charge in [0.15, 0.2) is 5.79 Å². The van der Waals surface area contributed by atoms with E-state index in [1.165, 1.54) is 6.92 Å². The second kappa shape index (κ2) is 7.29. The fourth-order valence-electron chi connectivity index (χ4n) is 9.12. The normalized spacial score (nSPS) is 55.7. The summed E-state index contributed by atoms with van der Waals surface area (Å²) in [5.41, 5.74) is -0.518. The van der Waals surface area contributed by atoms with Crippen molar-refractivity contribution < 1.29 is 43.9 Å². The highest BCUT2D eigenvalue weighted by Gasteiger charge is 2.74. The standard InChI is InChI=1S/C26H34O9/c1-9-21(28)18-14(22(9)33-11(3)27)7-13(23(29)30)12-8-15-19(17(12)18)20-24(31)34-16-5-6-25(15,4)35-26(20,32)10(16)2/h7,9-10,12,14-22,28,32H,5-6,8H2,1-4H3,(H,29,30)/t9-,10-,12-,14+,15-,16+,17+,18+,19-,20?,21-,22+,25?,26-/m1/s1. The molecule has 0 radical (unpaired) electrons. The van der Waals surface area contributed by atoms with E-state index in [4.69, 9.17) is 14.2 Å². The van der Waals surface area contributed by atoms with Gasteiger partial charge in [-0.05, 0) is 55.8 Å². The molecule has 3 bridgehead atoms. The van der Waals surface area contributed by atoms with E-state index in [2.05, 4.69) is 0 Å². The number of esters is 2. The van der Waals surface area contributed by atoms with Crippen LogP contribution in [-0.4, -0.2) is 62.9 Å². The van der Waals surface area contributed by atoms with E-state index >= 15 is 0 Å². The number of carboxylic acids is 1. The van der Waals surface area contributed by atoms with Crippen LogP contribution in [0.1, 0.15) is 47.0 Å². The van der Waals surface area contributed by atoms with Gasteiger partial charge < -0.3 is 29.5 Å². The van der Waals surface area contributed by atoms with Crippen molar-refractivity contribution in [3.63, 3.8) is 0 Å². The second-order valence-electron chi connectivity index (χ2n) is 12.1. The van der Waals surface area contributed by atoms with Crippen molar-refractivity contribution in [1.82, 2.24) is 0 Å². The van der Waals surface area contributed by atoms with Gasteiger partial charge in [-0.25, -0.2) is 4.79 Å². The molecule has 0 spiro atoms. The fourth-order valence-corrected chi connectivity index (χ4v) is 9.12. The average Bonchev–Trinajstić information content (AvgIpc) is 3.26. The Kier molecular flexibility index (Phi) is 4.88. The van der Waals surface area contributed by atoms with E-state index in [0.29, 0.717) is 19.3 Å². The maximum atomic E-state index is 13.4. The zero-order valence-electron chi connectivity index (χ0n) is 20.4. The fraction of sp³-hybridized carbons (Fsp3) is 0.808. The maximum absolute atomic E-state index is 13.4. The van der Waals surface area contributed by atoms with Crippen LogP contribution in [-0.2, 0) is 28.6 Å². The molecule has 14 atom stereocenters. The number of carboxylic acid groups (broad SMARTS) is 1. The predicted octanol–water partition coefficient (Wildman–Crippen LogP) is 1.50. The lowest BCUT2D eigenvalue weighted by Gasteiger charge is -2.57. The minimum absolute atomic E-state index is 0.184. The first-order chi connectivity index (χ1) is 16.4. The van der Waals surface area contributed by atoms with Crippen molar-refractivity contribution >= 4 is 17.9 Å². The highest BCUT2D eigenvalue weighted by atomic mass is 16.7. The quantitative estimate of drug-likeness (QED) is 0.491. The zero-order valence-corrected chi connectivity index (χ0v) is 20.4. The van der Waals surface area contributed by atoms with Gasteiger partial charge in [0, 0.05) is 30.3 Å². The molecule has 3 aliphatic heterocycles. The Hall–Kier alpha value is -1.97. The van der Waals surface area contributed by atoms with Crippen LogP contribution >= 0.6 is 0 Å². The number of carbonyl (C=O) groups is 3. The molecule has 2 unspecified atom stereocenters. The summed E-state index contributed by atoms with van der Waals surface area (Å²) >= 11 is 0. The summed E-state index contributed by atoms with van der Waals surface area (Å²) in [6, 6.07) is 0. The number of aliphatic hydroxyl groups excluding tert-OH is 1.